The second-order valence-electron chi connectivity index (χ2n) is 9.70. The molecule has 204 valence electrons. The number of fused-ring (bicyclic) bond motifs is 1. The number of nitrogens with zero attached hydrogens (tertiary/aromatic N) is 4. The zero-order valence-electron chi connectivity index (χ0n) is 22.7. The number of nitrogens with one attached hydrogen (secondary N) is 2. The molecule has 0 unspecified atom stereocenters. The number of benzene rings is 3. The monoisotopic (exact) mass is 530 g/mol. The Balaban J connectivity index is 1.53. The number of hydrogen-bond acceptors (Lipinski definition) is 7. The van der Waals surface area contributed by atoms with E-state index in [4.69, 9.17) is 4.74 Å². The molecule has 0 spiro atoms. The Morgan fingerprint density at radius 1 is 1.05 bits per heavy atom. The van der Waals surface area contributed by atoms with Gasteiger partial charge in [0.05, 0.1) is 17.0 Å². The summed E-state index contributed by atoms with van der Waals surface area (Å²) in [4.78, 5) is 28.6. The van der Waals surface area contributed by atoms with Crippen molar-refractivity contribution < 1.29 is 14.5 Å². The molecule has 2 N–H and O–H groups in total. The van der Waals surface area contributed by atoms with Gasteiger partial charge in [0, 0.05) is 30.7 Å². The van der Waals surface area contributed by atoms with Crippen LogP contribution in [0.25, 0.3) is 10.9 Å². The van der Waals surface area contributed by atoms with E-state index in [1.54, 1.807) is 6.07 Å². The molecule has 1 amide bonds. The Hall–Kier alpha value is -4.44. The summed E-state index contributed by atoms with van der Waals surface area (Å²) in [5.74, 6) is 0.547. The Morgan fingerprint density at radius 2 is 1.85 bits per heavy atom. The number of hydrogen-bond donors (Lipinski definition) is 2. The molecule has 39 heavy (non-hydrogen) atoms. The van der Waals surface area contributed by atoms with Gasteiger partial charge in [0.25, 0.3) is 11.6 Å². The molecular weight excluding hydrogens is 496 g/mol. The van der Waals surface area contributed by atoms with E-state index in [9.17, 15) is 14.9 Å². The molecule has 0 fully saturated rings. The molecule has 0 bridgehead atoms. The lowest BCUT2D eigenvalue weighted by Crippen LogP contribution is -2.23. The predicted molar refractivity (Wildman–Crippen MR) is 154 cm³/mol. The van der Waals surface area contributed by atoms with Crippen LogP contribution in [0.4, 0.5) is 17.2 Å². The van der Waals surface area contributed by atoms with Gasteiger partial charge in [-0.3, -0.25) is 20.0 Å². The summed E-state index contributed by atoms with van der Waals surface area (Å²) in [6.45, 7) is 4.19. The first kappa shape index (κ1) is 27.6. The Kier molecular flexibility index (Phi) is 8.77. The summed E-state index contributed by atoms with van der Waals surface area (Å²) in [6, 6.07) is 18.5. The Bertz CT molecular complexity index is 1470. The van der Waals surface area contributed by atoms with E-state index in [0.29, 0.717) is 24.5 Å². The number of rotatable bonds is 12. The average Bonchev–Trinajstić information content (AvgIpc) is 3.30. The summed E-state index contributed by atoms with van der Waals surface area (Å²) in [7, 11) is 5.89. The van der Waals surface area contributed by atoms with Gasteiger partial charge in [-0.05, 0) is 87.9 Å². The first-order valence-corrected chi connectivity index (χ1v) is 12.9. The maximum absolute atomic E-state index is 13.2. The maximum Gasteiger partial charge on any atom is 0.284 e. The summed E-state index contributed by atoms with van der Waals surface area (Å²) < 4.78 is 5.60. The zero-order valence-corrected chi connectivity index (χ0v) is 22.7. The van der Waals surface area contributed by atoms with Crippen LogP contribution < -0.4 is 15.0 Å². The third-order valence-corrected chi connectivity index (χ3v) is 6.44. The van der Waals surface area contributed by atoms with Crippen molar-refractivity contribution in [3.63, 3.8) is 0 Å². The molecule has 1 heterocycles. The van der Waals surface area contributed by atoms with E-state index in [1.807, 2.05) is 75.4 Å². The number of aromatic nitrogens is 2. The SMILES string of the molecule is CCOc1cccc(Cc2ccc3[nH]nc(NC(=O)c4ccc(N(C)CCCN(C)C)cc4[N+](=O)[O-])c3c2)c1. The van der Waals surface area contributed by atoms with Gasteiger partial charge >= 0.3 is 0 Å². The van der Waals surface area contributed by atoms with Crippen LogP contribution in [0.2, 0.25) is 0 Å². The first-order chi connectivity index (χ1) is 18.7. The molecule has 10 nitrogen and oxygen atoms in total. The van der Waals surface area contributed by atoms with Gasteiger partial charge in [0.1, 0.15) is 11.3 Å². The van der Waals surface area contributed by atoms with Crippen LogP contribution in [-0.2, 0) is 6.42 Å². The van der Waals surface area contributed by atoms with Crippen LogP contribution in [-0.4, -0.2) is 66.8 Å². The van der Waals surface area contributed by atoms with Crippen LogP contribution in [0.15, 0.2) is 60.7 Å². The number of H-pyrrole nitrogens is 1. The summed E-state index contributed by atoms with van der Waals surface area (Å²) in [5.41, 5.74) is 3.28. The van der Waals surface area contributed by atoms with Crippen molar-refractivity contribution in [3.05, 3.63) is 87.5 Å². The molecule has 0 aliphatic rings. The largest absolute Gasteiger partial charge is 0.494 e. The summed E-state index contributed by atoms with van der Waals surface area (Å²) in [5, 5.41) is 22.5. The minimum Gasteiger partial charge on any atom is -0.494 e. The molecule has 0 saturated carbocycles. The van der Waals surface area contributed by atoms with Crippen LogP contribution >= 0.6 is 0 Å². The number of carbonyl (C=O) groups is 1. The quantitative estimate of drug-likeness (QED) is 0.193. The van der Waals surface area contributed by atoms with Gasteiger partial charge in [0.15, 0.2) is 5.82 Å². The van der Waals surface area contributed by atoms with Crippen molar-refractivity contribution in [2.45, 2.75) is 19.8 Å². The van der Waals surface area contributed by atoms with Crippen LogP contribution in [0.5, 0.6) is 5.75 Å². The minimum absolute atomic E-state index is 0.0227. The van der Waals surface area contributed by atoms with Gasteiger partial charge in [-0.25, -0.2) is 0 Å². The highest BCUT2D eigenvalue weighted by Crippen LogP contribution is 2.28. The van der Waals surface area contributed by atoms with Gasteiger partial charge in [-0.1, -0.05) is 18.2 Å². The lowest BCUT2D eigenvalue weighted by atomic mass is 10.0. The number of nitro groups is 1. The van der Waals surface area contributed by atoms with Crippen LogP contribution in [0.3, 0.4) is 0 Å². The van der Waals surface area contributed by atoms with Crippen LogP contribution in [0, 0.1) is 10.1 Å². The highest BCUT2D eigenvalue weighted by atomic mass is 16.6. The van der Waals surface area contributed by atoms with E-state index in [-0.39, 0.29) is 11.3 Å². The minimum atomic E-state index is -0.591. The van der Waals surface area contributed by atoms with Crippen molar-refractivity contribution in [1.82, 2.24) is 15.1 Å². The third kappa shape index (κ3) is 6.91. The lowest BCUT2D eigenvalue weighted by Gasteiger charge is -2.20. The van der Waals surface area contributed by atoms with Gasteiger partial charge in [-0.15, -0.1) is 0 Å². The van der Waals surface area contributed by atoms with E-state index in [0.717, 1.165) is 47.3 Å². The summed E-state index contributed by atoms with van der Waals surface area (Å²) in [6.07, 6.45) is 1.58. The van der Waals surface area contributed by atoms with Crippen molar-refractivity contribution >= 4 is 34.0 Å². The molecule has 0 aliphatic heterocycles. The fourth-order valence-corrected chi connectivity index (χ4v) is 4.44. The molecule has 0 radical (unpaired) electrons. The second-order valence-corrected chi connectivity index (χ2v) is 9.70. The number of amides is 1. The van der Waals surface area contributed by atoms with Crippen molar-refractivity contribution in [1.29, 1.82) is 0 Å². The van der Waals surface area contributed by atoms with E-state index in [1.165, 1.54) is 12.1 Å². The fraction of sp³-hybridized carbons (Fsp3) is 0.310. The maximum atomic E-state index is 13.2. The normalized spacial score (nSPS) is 11.1. The molecule has 0 saturated heterocycles. The smallest absolute Gasteiger partial charge is 0.284 e. The molecule has 3 aromatic carbocycles. The molecule has 0 atom stereocenters. The molecule has 4 rings (SSSR count). The Morgan fingerprint density at radius 3 is 2.59 bits per heavy atom. The highest BCUT2D eigenvalue weighted by molar-refractivity contribution is 6.10. The first-order valence-electron chi connectivity index (χ1n) is 12.9. The van der Waals surface area contributed by atoms with Crippen LogP contribution in [0.1, 0.15) is 34.8 Å². The molecule has 4 aromatic rings. The van der Waals surface area contributed by atoms with E-state index in [2.05, 4.69) is 20.4 Å². The van der Waals surface area contributed by atoms with Crippen molar-refractivity contribution in [2.24, 2.45) is 0 Å². The number of ether oxygens (including phenoxy) is 1. The number of nitro benzene ring substituents is 1. The van der Waals surface area contributed by atoms with Crippen molar-refractivity contribution in [2.75, 3.05) is 51.1 Å². The number of aromatic amines is 1. The molecule has 10 heteroatoms. The fourth-order valence-electron chi connectivity index (χ4n) is 4.44. The zero-order chi connectivity index (χ0) is 27.9. The van der Waals surface area contributed by atoms with Gasteiger partial charge < -0.3 is 19.9 Å². The standard InChI is InChI=1S/C29H34N6O4/c1-5-39-23-9-6-8-20(17-23)16-21-10-13-26-25(18-21)28(32-31-26)30-29(36)24-12-11-22(19-27(24)35(37)38)34(4)15-7-14-33(2)3/h6,8-13,17-19H,5,7,14-16H2,1-4H3,(H2,30,31,32,36). The molecular formula is C29H34N6O4. The predicted octanol–water partition coefficient (Wildman–Crippen LogP) is 5.10. The third-order valence-electron chi connectivity index (χ3n) is 6.44. The van der Waals surface area contributed by atoms with Gasteiger partial charge in [0.2, 0.25) is 0 Å². The topological polar surface area (TPSA) is 117 Å². The Labute approximate surface area is 227 Å². The average molecular weight is 531 g/mol. The number of carbonyl (C=O) groups excluding carboxylic acids is 1. The summed E-state index contributed by atoms with van der Waals surface area (Å²) >= 11 is 0. The lowest BCUT2D eigenvalue weighted by molar-refractivity contribution is -0.385. The van der Waals surface area contributed by atoms with Gasteiger partial charge in [-0.2, -0.15) is 5.10 Å². The van der Waals surface area contributed by atoms with Crippen molar-refractivity contribution in [3.8, 4) is 5.75 Å². The molecule has 1 aromatic heterocycles. The van der Waals surface area contributed by atoms with E-state index >= 15 is 0 Å². The molecule has 0 aliphatic carbocycles. The number of anilines is 2. The van der Waals surface area contributed by atoms with E-state index < -0.39 is 10.8 Å². The second kappa shape index (κ2) is 12.4. The highest BCUT2D eigenvalue weighted by Gasteiger charge is 2.23.